The lowest BCUT2D eigenvalue weighted by molar-refractivity contribution is -0.149. The maximum atomic E-state index is 12.2. The lowest BCUT2D eigenvalue weighted by Gasteiger charge is -2.16. The van der Waals surface area contributed by atoms with Crippen LogP contribution in [-0.2, 0) is 14.3 Å². The van der Waals surface area contributed by atoms with Crippen LogP contribution in [0, 0.1) is 13.8 Å². The van der Waals surface area contributed by atoms with Gasteiger partial charge in [-0.25, -0.2) is 4.79 Å². The number of ether oxygens (including phenoxy) is 2. The third-order valence-corrected chi connectivity index (χ3v) is 4.27. The molecule has 0 aromatic heterocycles. The van der Waals surface area contributed by atoms with Gasteiger partial charge in [-0.3, -0.25) is 4.79 Å². The van der Waals surface area contributed by atoms with E-state index < -0.39 is 5.97 Å². The Bertz CT molecular complexity index is 833. The molecule has 0 heterocycles. The number of halogens is 1. The summed E-state index contributed by atoms with van der Waals surface area (Å²) in [6.07, 6.45) is 0. The molecule has 144 valence electrons. The van der Waals surface area contributed by atoms with Crippen molar-refractivity contribution in [2.75, 3.05) is 18.5 Å². The van der Waals surface area contributed by atoms with E-state index >= 15 is 0 Å². The first kappa shape index (κ1) is 20.8. The highest BCUT2D eigenvalue weighted by Crippen LogP contribution is 2.27. The van der Waals surface area contributed by atoms with Crippen LogP contribution >= 0.6 is 11.6 Å². The number of esters is 1. The molecular weight excluding hydrogens is 366 g/mol. The standard InChI is InChI=1S/C21H24ClNO4/c1-13(2)17-7-5-6-14(3)21(17)23-19(24)11-27-20(25)12-26-18-9-8-16(22)10-15(18)4/h5-10,13H,11-12H2,1-4H3,(H,23,24). The van der Waals surface area contributed by atoms with E-state index in [0.717, 1.165) is 22.4 Å². The van der Waals surface area contributed by atoms with Crippen molar-refractivity contribution in [3.05, 3.63) is 58.1 Å². The molecular formula is C21H24ClNO4. The molecule has 0 aliphatic heterocycles. The predicted octanol–water partition coefficient (Wildman–Crippen LogP) is 4.64. The summed E-state index contributed by atoms with van der Waals surface area (Å²) in [5.74, 6) is -0.198. The molecule has 1 amide bonds. The molecule has 0 radical (unpaired) electrons. The molecule has 0 aliphatic carbocycles. The van der Waals surface area contributed by atoms with E-state index in [-0.39, 0.29) is 25.0 Å². The molecule has 0 unspecified atom stereocenters. The Morgan fingerprint density at radius 3 is 2.48 bits per heavy atom. The minimum absolute atomic E-state index is 0.263. The second-order valence-electron chi connectivity index (χ2n) is 6.60. The van der Waals surface area contributed by atoms with E-state index in [1.54, 1.807) is 18.2 Å². The third-order valence-electron chi connectivity index (χ3n) is 4.04. The summed E-state index contributed by atoms with van der Waals surface area (Å²) >= 11 is 5.88. The van der Waals surface area contributed by atoms with E-state index in [0.29, 0.717) is 10.8 Å². The number of carbonyl (C=O) groups is 2. The molecule has 0 bridgehead atoms. The van der Waals surface area contributed by atoms with Crippen molar-refractivity contribution in [1.29, 1.82) is 0 Å². The van der Waals surface area contributed by atoms with Crippen molar-refractivity contribution in [1.82, 2.24) is 0 Å². The molecule has 27 heavy (non-hydrogen) atoms. The second kappa shape index (κ2) is 9.42. The van der Waals surface area contributed by atoms with Crippen LogP contribution in [0.5, 0.6) is 5.75 Å². The Balaban J connectivity index is 1.86. The summed E-state index contributed by atoms with van der Waals surface area (Å²) in [6, 6.07) is 11.0. The average Bonchev–Trinajstić information content (AvgIpc) is 2.60. The molecule has 1 N–H and O–H groups in total. The Kier molecular flexibility index (Phi) is 7.25. The highest BCUT2D eigenvalue weighted by Gasteiger charge is 2.14. The first-order valence-corrected chi connectivity index (χ1v) is 9.09. The lowest BCUT2D eigenvalue weighted by atomic mass is 9.98. The summed E-state index contributed by atoms with van der Waals surface area (Å²) in [6.45, 7) is 7.22. The number of nitrogens with one attached hydrogen (secondary N) is 1. The molecule has 5 nitrogen and oxygen atoms in total. The van der Waals surface area contributed by atoms with Gasteiger partial charge in [0.05, 0.1) is 0 Å². The minimum atomic E-state index is -0.617. The van der Waals surface area contributed by atoms with Crippen LogP contribution in [0.25, 0.3) is 0 Å². The summed E-state index contributed by atoms with van der Waals surface area (Å²) in [4.78, 5) is 24.0. The lowest BCUT2D eigenvalue weighted by Crippen LogP contribution is -2.24. The first-order valence-electron chi connectivity index (χ1n) is 8.72. The number of benzene rings is 2. The molecule has 0 atom stereocenters. The van der Waals surface area contributed by atoms with Crippen LogP contribution in [-0.4, -0.2) is 25.1 Å². The normalized spacial score (nSPS) is 10.6. The number of rotatable bonds is 7. The second-order valence-corrected chi connectivity index (χ2v) is 7.04. The summed E-state index contributed by atoms with van der Waals surface area (Å²) in [5.41, 5.74) is 3.58. The fourth-order valence-corrected chi connectivity index (χ4v) is 2.84. The van der Waals surface area contributed by atoms with Crippen molar-refractivity contribution in [3.8, 4) is 5.75 Å². The monoisotopic (exact) mass is 389 g/mol. The Labute approximate surface area is 164 Å². The van der Waals surface area contributed by atoms with Gasteiger partial charge in [0.25, 0.3) is 5.91 Å². The van der Waals surface area contributed by atoms with Crippen molar-refractivity contribution in [2.45, 2.75) is 33.6 Å². The van der Waals surface area contributed by atoms with E-state index in [1.165, 1.54) is 0 Å². The number of carbonyl (C=O) groups excluding carboxylic acids is 2. The zero-order chi connectivity index (χ0) is 20.0. The average molecular weight is 390 g/mol. The summed E-state index contributed by atoms with van der Waals surface area (Å²) in [7, 11) is 0. The molecule has 0 spiro atoms. The molecule has 0 aliphatic rings. The van der Waals surface area contributed by atoms with E-state index in [4.69, 9.17) is 21.1 Å². The SMILES string of the molecule is Cc1cc(Cl)ccc1OCC(=O)OCC(=O)Nc1c(C)cccc1C(C)C. The predicted molar refractivity (Wildman–Crippen MR) is 107 cm³/mol. The van der Waals surface area contributed by atoms with Crippen molar-refractivity contribution in [2.24, 2.45) is 0 Å². The third kappa shape index (κ3) is 6.00. The van der Waals surface area contributed by atoms with Gasteiger partial charge < -0.3 is 14.8 Å². The number of hydrogen-bond acceptors (Lipinski definition) is 4. The van der Waals surface area contributed by atoms with Crippen LogP contribution in [0.1, 0.15) is 36.5 Å². The van der Waals surface area contributed by atoms with Gasteiger partial charge in [-0.1, -0.05) is 43.6 Å². The smallest absolute Gasteiger partial charge is 0.344 e. The van der Waals surface area contributed by atoms with Crippen LogP contribution in [0.2, 0.25) is 5.02 Å². The van der Waals surface area contributed by atoms with Crippen LogP contribution < -0.4 is 10.1 Å². The van der Waals surface area contributed by atoms with Gasteiger partial charge in [0.15, 0.2) is 13.2 Å². The molecule has 2 aromatic rings. The van der Waals surface area contributed by atoms with Gasteiger partial charge in [0.1, 0.15) is 5.75 Å². The Morgan fingerprint density at radius 1 is 1.07 bits per heavy atom. The van der Waals surface area contributed by atoms with Gasteiger partial charge in [0.2, 0.25) is 0 Å². The Morgan fingerprint density at radius 2 is 1.81 bits per heavy atom. The maximum absolute atomic E-state index is 12.2. The van der Waals surface area contributed by atoms with E-state index in [9.17, 15) is 9.59 Å². The van der Waals surface area contributed by atoms with E-state index in [2.05, 4.69) is 19.2 Å². The highest BCUT2D eigenvalue weighted by atomic mass is 35.5. The number of hydrogen-bond donors (Lipinski definition) is 1. The van der Waals surface area contributed by atoms with Crippen molar-refractivity contribution >= 4 is 29.2 Å². The first-order chi connectivity index (χ1) is 12.8. The minimum Gasteiger partial charge on any atom is -0.482 e. The molecule has 0 saturated heterocycles. The highest BCUT2D eigenvalue weighted by molar-refractivity contribution is 6.30. The maximum Gasteiger partial charge on any atom is 0.344 e. The largest absolute Gasteiger partial charge is 0.482 e. The molecule has 2 rings (SSSR count). The molecule has 0 fully saturated rings. The fourth-order valence-electron chi connectivity index (χ4n) is 2.62. The summed E-state index contributed by atoms with van der Waals surface area (Å²) in [5, 5.41) is 3.43. The molecule has 2 aromatic carbocycles. The number of anilines is 1. The fraction of sp³-hybridized carbons (Fsp3) is 0.333. The topological polar surface area (TPSA) is 64.6 Å². The van der Waals surface area contributed by atoms with Crippen molar-refractivity contribution in [3.63, 3.8) is 0 Å². The number of aryl methyl sites for hydroxylation is 2. The van der Waals surface area contributed by atoms with Gasteiger partial charge >= 0.3 is 5.97 Å². The molecule has 6 heteroatoms. The van der Waals surface area contributed by atoms with Gasteiger partial charge in [0, 0.05) is 10.7 Å². The molecule has 0 saturated carbocycles. The van der Waals surface area contributed by atoms with Crippen LogP contribution in [0.15, 0.2) is 36.4 Å². The van der Waals surface area contributed by atoms with Gasteiger partial charge in [-0.2, -0.15) is 0 Å². The van der Waals surface area contributed by atoms with Crippen LogP contribution in [0.3, 0.4) is 0 Å². The van der Waals surface area contributed by atoms with Crippen molar-refractivity contribution < 1.29 is 19.1 Å². The van der Waals surface area contributed by atoms with Gasteiger partial charge in [-0.15, -0.1) is 0 Å². The quantitative estimate of drug-likeness (QED) is 0.700. The summed E-state index contributed by atoms with van der Waals surface area (Å²) < 4.78 is 10.4. The number of amides is 1. The van der Waals surface area contributed by atoms with Gasteiger partial charge in [-0.05, 0) is 54.7 Å². The zero-order valence-corrected chi connectivity index (χ0v) is 16.7. The van der Waals surface area contributed by atoms with E-state index in [1.807, 2.05) is 32.0 Å². The zero-order valence-electron chi connectivity index (χ0n) is 16.0. The Hall–Kier alpha value is -2.53. The van der Waals surface area contributed by atoms with Crippen LogP contribution in [0.4, 0.5) is 5.69 Å². The number of para-hydroxylation sites is 1.